The fourth-order valence-corrected chi connectivity index (χ4v) is 3.20. The van der Waals surface area contributed by atoms with Gasteiger partial charge in [0.05, 0.1) is 0 Å². The Balaban J connectivity index is 1.92. The van der Waals surface area contributed by atoms with Crippen molar-refractivity contribution in [2.75, 3.05) is 18.5 Å². The second-order valence-corrected chi connectivity index (χ2v) is 6.60. The molecule has 0 aliphatic heterocycles. The molecule has 0 spiro atoms. The first kappa shape index (κ1) is 14.6. The molecule has 0 unspecified atom stereocenters. The quantitative estimate of drug-likeness (QED) is 0.633. The molecule has 1 heteroatoms. The zero-order valence-corrected chi connectivity index (χ0v) is 13.6. The van der Waals surface area contributed by atoms with Crippen LogP contribution in [-0.2, 0) is 5.41 Å². The highest BCUT2D eigenvalue weighted by Gasteiger charge is 2.23. The van der Waals surface area contributed by atoms with Crippen molar-refractivity contribution < 1.29 is 0 Å². The first-order valence-corrected chi connectivity index (χ1v) is 7.82. The number of hydrogen-bond donors (Lipinski definition) is 0. The highest BCUT2D eigenvalue weighted by atomic mass is 15.1. The molecule has 0 aliphatic rings. The van der Waals surface area contributed by atoms with E-state index >= 15 is 0 Å². The van der Waals surface area contributed by atoms with E-state index in [0.29, 0.717) is 0 Å². The van der Waals surface area contributed by atoms with E-state index in [9.17, 15) is 0 Å². The molecule has 3 aromatic rings. The summed E-state index contributed by atoms with van der Waals surface area (Å²) in [5, 5.41) is 2.61. The van der Waals surface area contributed by atoms with Crippen LogP contribution in [-0.4, -0.2) is 13.6 Å². The minimum absolute atomic E-state index is 0.104. The third-order valence-corrected chi connectivity index (χ3v) is 4.37. The fourth-order valence-electron chi connectivity index (χ4n) is 3.20. The highest BCUT2D eigenvalue weighted by Crippen LogP contribution is 2.30. The topological polar surface area (TPSA) is 3.24 Å². The summed E-state index contributed by atoms with van der Waals surface area (Å²) in [7, 11) is 2.19. The monoisotopic (exact) mass is 289 g/mol. The maximum Gasteiger partial charge on any atom is 0.0443 e. The lowest BCUT2D eigenvalue weighted by atomic mass is 9.84. The zero-order valence-electron chi connectivity index (χ0n) is 13.6. The summed E-state index contributed by atoms with van der Waals surface area (Å²) < 4.78 is 0. The molecule has 0 amide bonds. The second-order valence-electron chi connectivity index (χ2n) is 6.60. The minimum Gasteiger partial charge on any atom is -0.373 e. The standard InChI is InChI=1S/C21H23N/c1-21(2,18-12-5-4-6-13-18)16-22(3)20-15-9-11-17-10-7-8-14-19(17)20/h4-15H,16H2,1-3H3. The molecule has 0 saturated carbocycles. The second kappa shape index (κ2) is 5.84. The van der Waals surface area contributed by atoms with E-state index in [1.807, 2.05) is 0 Å². The fraction of sp³-hybridized carbons (Fsp3) is 0.238. The van der Waals surface area contributed by atoms with Gasteiger partial charge < -0.3 is 4.90 Å². The SMILES string of the molecule is CN(CC(C)(C)c1ccccc1)c1cccc2ccccc12. The van der Waals surface area contributed by atoms with E-state index in [1.54, 1.807) is 0 Å². The number of nitrogens with zero attached hydrogens (tertiary/aromatic N) is 1. The van der Waals surface area contributed by atoms with Gasteiger partial charge in [-0.25, -0.2) is 0 Å². The van der Waals surface area contributed by atoms with Crippen LogP contribution in [0.2, 0.25) is 0 Å². The van der Waals surface area contributed by atoms with Crippen molar-refractivity contribution in [1.29, 1.82) is 0 Å². The molecule has 0 radical (unpaired) electrons. The predicted molar refractivity (Wildman–Crippen MR) is 96.7 cm³/mol. The van der Waals surface area contributed by atoms with Crippen LogP contribution in [0.5, 0.6) is 0 Å². The number of rotatable bonds is 4. The van der Waals surface area contributed by atoms with Crippen molar-refractivity contribution in [1.82, 2.24) is 0 Å². The maximum atomic E-state index is 2.37. The van der Waals surface area contributed by atoms with Gasteiger partial charge in [0.1, 0.15) is 0 Å². The van der Waals surface area contributed by atoms with Crippen LogP contribution >= 0.6 is 0 Å². The summed E-state index contributed by atoms with van der Waals surface area (Å²) in [5.74, 6) is 0. The third kappa shape index (κ3) is 2.85. The molecule has 0 fully saturated rings. The summed E-state index contributed by atoms with van der Waals surface area (Å²) in [6, 6.07) is 25.9. The third-order valence-electron chi connectivity index (χ3n) is 4.37. The van der Waals surface area contributed by atoms with Gasteiger partial charge in [-0.2, -0.15) is 0 Å². The molecule has 3 aromatic carbocycles. The summed E-state index contributed by atoms with van der Waals surface area (Å²) in [6.45, 7) is 5.60. The largest absolute Gasteiger partial charge is 0.373 e. The average molecular weight is 289 g/mol. The van der Waals surface area contributed by atoms with Gasteiger partial charge >= 0.3 is 0 Å². The molecule has 0 N–H and O–H groups in total. The van der Waals surface area contributed by atoms with Gasteiger partial charge in [-0.3, -0.25) is 0 Å². The average Bonchev–Trinajstić information content (AvgIpc) is 2.54. The van der Waals surface area contributed by atoms with Crippen LogP contribution in [0, 0.1) is 0 Å². The van der Waals surface area contributed by atoms with Crippen LogP contribution in [0.3, 0.4) is 0 Å². The lowest BCUT2D eigenvalue weighted by Gasteiger charge is -2.32. The zero-order chi connectivity index (χ0) is 15.6. The van der Waals surface area contributed by atoms with Crippen molar-refractivity contribution >= 4 is 16.5 Å². The van der Waals surface area contributed by atoms with Crippen molar-refractivity contribution in [2.45, 2.75) is 19.3 Å². The number of benzene rings is 3. The Kier molecular flexibility index (Phi) is 3.89. The first-order chi connectivity index (χ1) is 10.6. The molecule has 112 valence electrons. The Hall–Kier alpha value is -2.28. The van der Waals surface area contributed by atoms with E-state index in [4.69, 9.17) is 0 Å². The number of likely N-dealkylation sites (N-methyl/N-ethyl adjacent to an activating group) is 1. The van der Waals surface area contributed by atoms with Crippen LogP contribution in [0.15, 0.2) is 72.8 Å². The van der Waals surface area contributed by atoms with Gasteiger partial charge in [-0.1, -0.05) is 80.6 Å². The Morgan fingerprint density at radius 1 is 0.773 bits per heavy atom. The summed E-state index contributed by atoms with van der Waals surface area (Å²) in [5.41, 5.74) is 2.77. The van der Waals surface area contributed by atoms with E-state index in [2.05, 4.69) is 98.6 Å². The van der Waals surface area contributed by atoms with E-state index in [-0.39, 0.29) is 5.41 Å². The van der Waals surface area contributed by atoms with Crippen LogP contribution in [0.25, 0.3) is 10.8 Å². The van der Waals surface area contributed by atoms with Crippen molar-refractivity contribution in [3.05, 3.63) is 78.4 Å². The smallest absolute Gasteiger partial charge is 0.0443 e. The van der Waals surface area contributed by atoms with Crippen LogP contribution in [0.1, 0.15) is 19.4 Å². The minimum atomic E-state index is 0.104. The van der Waals surface area contributed by atoms with Crippen molar-refractivity contribution in [2.24, 2.45) is 0 Å². The van der Waals surface area contributed by atoms with Gasteiger partial charge in [0, 0.05) is 30.1 Å². The molecule has 0 bridgehead atoms. The van der Waals surface area contributed by atoms with E-state index < -0.39 is 0 Å². The highest BCUT2D eigenvalue weighted by molar-refractivity contribution is 5.94. The molecule has 0 aromatic heterocycles. The molecule has 0 aliphatic carbocycles. The van der Waals surface area contributed by atoms with Crippen LogP contribution < -0.4 is 4.90 Å². The summed E-state index contributed by atoms with van der Waals surface area (Å²) in [4.78, 5) is 2.37. The Labute approximate surface area is 133 Å². The predicted octanol–water partition coefficient (Wildman–Crippen LogP) is 5.25. The van der Waals surface area contributed by atoms with Gasteiger partial charge in [0.2, 0.25) is 0 Å². The van der Waals surface area contributed by atoms with Gasteiger partial charge in [0.25, 0.3) is 0 Å². The first-order valence-electron chi connectivity index (χ1n) is 7.82. The molecular weight excluding hydrogens is 266 g/mol. The summed E-state index contributed by atoms with van der Waals surface area (Å²) >= 11 is 0. The van der Waals surface area contributed by atoms with Crippen molar-refractivity contribution in [3.63, 3.8) is 0 Å². The molecule has 0 heterocycles. The number of fused-ring (bicyclic) bond motifs is 1. The number of anilines is 1. The molecule has 22 heavy (non-hydrogen) atoms. The summed E-state index contributed by atoms with van der Waals surface area (Å²) in [6.07, 6.45) is 0. The Morgan fingerprint density at radius 3 is 2.18 bits per heavy atom. The molecule has 0 atom stereocenters. The van der Waals surface area contributed by atoms with E-state index in [1.165, 1.54) is 22.0 Å². The normalized spacial score (nSPS) is 11.6. The van der Waals surface area contributed by atoms with Gasteiger partial charge in [0.15, 0.2) is 0 Å². The molecule has 0 saturated heterocycles. The maximum absolute atomic E-state index is 2.37. The lowest BCUT2D eigenvalue weighted by molar-refractivity contribution is 0.525. The molecular formula is C21H23N. The molecule has 1 nitrogen and oxygen atoms in total. The van der Waals surface area contributed by atoms with Crippen molar-refractivity contribution in [3.8, 4) is 0 Å². The lowest BCUT2D eigenvalue weighted by Crippen LogP contribution is -2.34. The Bertz CT molecular complexity index is 754. The van der Waals surface area contributed by atoms with Gasteiger partial charge in [-0.15, -0.1) is 0 Å². The Morgan fingerprint density at radius 2 is 1.41 bits per heavy atom. The number of hydrogen-bond acceptors (Lipinski definition) is 1. The van der Waals surface area contributed by atoms with E-state index in [0.717, 1.165) is 6.54 Å². The molecule has 3 rings (SSSR count). The van der Waals surface area contributed by atoms with Crippen LogP contribution in [0.4, 0.5) is 5.69 Å². The van der Waals surface area contributed by atoms with Gasteiger partial charge in [-0.05, 0) is 17.0 Å².